The molecule has 1 aliphatic rings. The van der Waals surface area contributed by atoms with Crippen LogP contribution in [0.25, 0.3) is 11.6 Å². The van der Waals surface area contributed by atoms with Crippen LogP contribution in [0.1, 0.15) is 17.0 Å². The number of hydrogen-bond acceptors (Lipinski definition) is 4. The topological polar surface area (TPSA) is 93.1 Å². The molecule has 7 nitrogen and oxygen atoms in total. The number of aromatic nitrogens is 2. The lowest BCUT2D eigenvalue weighted by molar-refractivity contribution is -0.110. The zero-order chi connectivity index (χ0) is 19.9. The predicted molar refractivity (Wildman–Crippen MR) is 108 cm³/mol. The van der Waals surface area contributed by atoms with Crippen LogP contribution < -0.4 is 10.0 Å². The zero-order valence-corrected chi connectivity index (χ0v) is 16.1. The summed E-state index contributed by atoms with van der Waals surface area (Å²) in [5, 5.41) is 2.79. The molecule has 0 fully saturated rings. The van der Waals surface area contributed by atoms with E-state index in [1.165, 1.54) is 0 Å². The number of aryl methyl sites for hydroxylation is 2. The molecule has 0 radical (unpaired) electrons. The molecule has 2 heterocycles. The molecule has 1 aliphatic heterocycles. The number of amides is 1. The Bertz CT molecular complexity index is 1210. The summed E-state index contributed by atoms with van der Waals surface area (Å²) in [4.78, 5) is 16.8. The quantitative estimate of drug-likeness (QED) is 0.665. The molecule has 142 valence electrons. The molecule has 3 aromatic rings. The van der Waals surface area contributed by atoms with Gasteiger partial charge in [0, 0.05) is 36.4 Å². The predicted octanol–water partition coefficient (Wildman–Crippen LogP) is 3.02. The van der Waals surface area contributed by atoms with Crippen molar-refractivity contribution >= 4 is 39.0 Å². The average Bonchev–Trinajstić information content (AvgIpc) is 3.19. The van der Waals surface area contributed by atoms with E-state index in [-0.39, 0.29) is 10.8 Å². The van der Waals surface area contributed by atoms with Crippen LogP contribution in [0.5, 0.6) is 0 Å². The van der Waals surface area contributed by atoms with Gasteiger partial charge in [-0.25, -0.2) is 13.4 Å². The summed E-state index contributed by atoms with van der Waals surface area (Å²) in [6, 6.07) is 11.5. The molecule has 0 atom stereocenters. The highest BCUT2D eigenvalue weighted by Gasteiger charge is 2.25. The number of nitrogens with one attached hydrogen (secondary N) is 2. The van der Waals surface area contributed by atoms with Crippen LogP contribution in [0.2, 0.25) is 0 Å². The summed E-state index contributed by atoms with van der Waals surface area (Å²) in [5.41, 5.74) is 3.04. The Balaban J connectivity index is 1.69. The molecule has 8 heteroatoms. The lowest BCUT2D eigenvalue weighted by Crippen LogP contribution is -2.13. The number of benzene rings is 2. The second-order valence-corrected chi connectivity index (χ2v) is 8.27. The number of sulfonamides is 1. The van der Waals surface area contributed by atoms with Crippen molar-refractivity contribution in [3.63, 3.8) is 0 Å². The van der Waals surface area contributed by atoms with Gasteiger partial charge in [0.15, 0.2) is 0 Å². The molecule has 1 aromatic heterocycles. The molecule has 4 rings (SSSR count). The molecule has 1 amide bonds. The fourth-order valence-electron chi connectivity index (χ4n) is 2.97. The van der Waals surface area contributed by atoms with Crippen LogP contribution in [-0.4, -0.2) is 23.9 Å². The van der Waals surface area contributed by atoms with Crippen molar-refractivity contribution < 1.29 is 13.2 Å². The third kappa shape index (κ3) is 3.29. The van der Waals surface area contributed by atoms with E-state index in [9.17, 15) is 13.2 Å². The van der Waals surface area contributed by atoms with Crippen LogP contribution in [0.4, 0.5) is 11.4 Å². The van der Waals surface area contributed by atoms with Gasteiger partial charge in [0.25, 0.3) is 15.9 Å². The van der Waals surface area contributed by atoms with Gasteiger partial charge in [-0.1, -0.05) is 17.7 Å². The van der Waals surface area contributed by atoms with Crippen LogP contribution in [-0.2, 0) is 21.9 Å². The molecule has 28 heavy (non-hydrogen) atoms. The molecular weight excluding hydrogens is 376 g/mol. The lowest BCUT2D eigenvalue weighted by atomic mass is 10.1. The van der Waals surface area contributed by atoms with Crippen molar-refractivity contribution in [1.82, 2.24) is 9.55 Å². The van der Waals surface area contributed by atoms with Gasteiger partial charge in [-0.15, -0.1) is 0 Å². The number of nitrogens with zero attached hydrogens (tertiary/aromatic N) is 2. The second kappa shape index (κ2) is 6.65. The lowest BCUT2D eigenvalue weighted by Gasteiger charge is -2.10. The van der Waals surface area contributed by atoms with Gasteiger partial charge < -0.3 is 9.88 Å². The molecular formula is C20H18N4O3S. The van der Waals surface area contributed by atoms with E-state index in [2.05, 4.69) is 15.0 Å². The summed E-state index contributed by atoms with van der Waals surface area (Å²) in [7, 11) is -1.89. The molecule has 2 N–H and O–H groups in total. The number of fused-ring (bicyclic) bond motifs is 1. The van der Waals surface area contributed by atoms with Gasteiger partial charge in [0.2, 0.25) is 0 Å². The maximum Gasteiger partial charge on any atom is 0.261 e. The van der Waals surface area contributed by atoms with E-state index in [1.807, 2.05) is 14.0 Å². The molecule has 0 aliphatic carbocycles. The number of carbonyl (C=O) groups excluding carboxylic acids is 1. The fourth-order valence-corrected chi connectivity index (χ4v) is 4.02. The van der Waals surface area contributed by atoms with E-state index < -0.39 is 10.0 Å². The summed E-state index contributed by atoms with van der Waals surface area (Å²) in [6.07, 6.45) is 5.11. The van der Waals surface area contributed by atoms with Gasteiger partial charge >= 0.3 is 0 Å². The number of imidazole rings is 1. The van der Waals surface area contributed by atoms with E-state index in [0.29, 0.717) is 28.3 Å². The van der Waals surface area contributed by atoms with Crippen LogP contribution >= 0.6 is 0 Å². The Kier molecular flexibility index (Phi) is 4.27. The smallest absolute Gasteiger partial charge is 0.261 e. The highest BCUT2D eigenvalue weighted by molar-refractivity contribution is 7.92. The third-order valence-electron chi connectivity index (χ3n) is 4.52. The third-order valence-corrected chi connectivity index (χ3v) is 5.92. The Morgan fingerprint density at radius 1 is 1.14 bits per heavy atom. The van der Waals surface area contributed by atoms with E-state index in [1.54, 1.807) is 65.5 Å². The minimum atomic E-state index is -3.73. The number of rotatable bonds is 4. The Morgan fingerprint density at radius 2 is 1.89 bits per heavy atom. The van der Waals surface area contributed by atoms with E-state index >= 15 is 0 Å². The van der Waals surface area contributed by atoms with Crippen molar-refractivity contribution in [2.75, 3.05) is 10.0 Å². The van der Waals surface area contributed by atoms with Crippen LogP contribution in [0.3, 0.4) is 0 Å². The van der Waals surface area contributed by atoms with Crippen molar-refractivity contribution in [1.29, 1.82) is 0 Å². The standard InChI is InChI=1S/C20H18N4O3S/c1-13-3-6-15(7-4-13)28(26,27)23-14-5-8-18-16(11-14)17(20(25)22-18)12-19-21-9-10-24(19)2/h3-12,23H,1-2H3,(H,22,25). The average molecular weight is 394 g/mol. The Labute approximate surface area is 162 Å². The van der Waals surface area contributed by atoms with Crippen molar-refractivity contribution in [2.24, 2.45) is 7.05 Å². The first-order chi connectivity index (χ1) is 13.3. The summed E-state index contributed by atoms with van der Waals surface area (Å²) in [6.45, 7) is 1.89. The molecule has 2 aromatic carbocycles. The van der Waals surface area contributed by atoms with Crippen molar-refractivity contribution in [3.8, 4) is 0 Å². The second-order valence-electron chi connectivity index (χ2n) is 6.59. The highest BCUT2D eigenvalue weighted by Crippen LogP contribution is 2.35. The highest BCUT2D eigenvalue weighted by atomic mass is 32.2. The van der Waals surface area contributed by atoms with Crippen LogP contribution in [0, 0.1) is 6.92 Å². The van der Waals surface area contributed by atoms with Gasteiger partial charge in [-0.05, 0) is 43.3 Å². The molecule has 0 spiro atoms. The minimum absolute atomic E-state index is 0.177. The SMILES string of the molecule is Cc1ccc(S(=O)(=O)Nc2ccc3c(c2)C(=Cc2nccn2C)C(=O)N3)cc1. The number of anilines is 2. The van der Waals surface area contributed by atoms with E-state index in [4.69, 9.17) is 0 Å². The maximum absolute atomic E-state index is 12.6. The first-order valence-electron chi connectivity index (χ1n) is 8.58. The van der Waals surface area contributed by atoms with Gasteiger partial charge in [0.1, 0.15) is 5.82 Å². The molecule has 0 bridgehead atoms. The summed E-state index contributed by atoms with van der Waals surface area (Å²) in [5.74, 6) is 0.375. The first-order valence-corrected chi connectivity index (χ1v) is 10.1. The minimum Gasteiger partial charge on any atom is -0.335 e. The molecule has 0 saturated carbocycles. The normalized spacial score (nSPS) is 14.8. The van der Waals surface area contributed by atoms with Crippen molar-refractivity contribution in [2.45, 2.75) is 11.8 Å². The molecule has 0 unspecified atom stereocenters. The largest absolute Gasteiger partial charge is 0.335 e. The summed E-state index contributed by atoms with van der Waals surface area (Å²) < 4.78 is 29.6. The van der Waals surface area contributed by atoms with Gasteiger partial charge in [0.05, 0.1) is 10.5 Å². The number of carbonyl (C=O) groups is 1. The Morgan fingerprint density at radius 3 is 2.57 bits per heavy atom. The maximum atomic E-state index is 12.6. The van der Waals surface area contributed by atoms with E-state index in [0.717, 1.165) is 5.56 Å². The molecule has 0 saturated heterocycles. The first kappa shape index (κ1) is 18.0. The zero-order valence-electron chi connectivity index (χ0n) is 15.3. The monoisotopic (exact) mass is 394 g/mol. The summed E-state index contributed by atoms with van der Waals surface area (Å²) >= 11 is 0. The Hall–Kier alpha value is -3.39. The fraction of sp³-hybridized carbons (Fsp3) is 0.100. The number of hydrogen-bond donors (Lipinski definition) is 2. The van der Waals surface area contributed by atoms with Gasteiger partial charge in [-0.3, -0.25) is 9.52 Å². The van der Waals surface area contributed by atoms with Crippen molar-refractivity contribution in [3.05, 3.63) is 71.8 Å². The van der Waals surface area contributed by atoms with Gasteiger partial charge in [-0.2, -0.15) is 0 Å². The van der Waals surface area contributed by atoms with Crippen LogP contribution in [0.15, 0.2) is 59.8 Å².